The van der Waals surface area contributed by atoms with Gasteiger partial charge in [0.25, 0.3) is 5.91 Å². The largest absolute Gasteiger partial charge is 0.493 e. The van der Waals surface area contributed by atoms with Crippen LogP contribution in [-0.4, -0.2) is 25.2 Å². The fraction of sp³-hybridized carbons (Fsp3) is 0.500. The van der Waals surface area contributed by atoms with Crippen molar-refractivity contribution >= 4 is 5.91 Å². The number of ether oxygens (including phenoxy) is 2. The first-order valence-corrected chi connectivity index (χ1v) is 6.18. The van der Waals surface area contributed by atoms with Gasteiger partial charge in [-0.3, -0.25) is 4.79 Å². The first-order chi connectivity index (χ1) is 8.58. The molecule has 18 heavy (non-hydrogen) atoms. The van der Waals surface area contributed by atoms with E-state index in [1.54, 1.807) is 13.2 Å². The number of carbonyl (C=O) groups excluding carboxylic acids is 1. The first-order valence-electron chi connectivity index (χ1n) is 6.18. The lowest BCUT2D eigenvalue weighted by atomic mass is 10.2. The van der Waals surface area contributed by atoms with Gasteiger partial charge in [0.15, 0.2) is 17.6 Å². The molecule has 0 saturated carbocycles. The summed E-state index contributed by atoms with van der Waals surface area (Å²) >= 11 is 0. The van der Waals surface area contributed by atoms with Crippen LogP contribution < -0.4 is 14.8 Å². The standard InChI is InChI=1S/C14H21NO3/c1-5-11(14(16)15-10(2)3)18-13-9-7-6-8-12(13)17-4/h6-11H,5H2,1-4H3,(H,15,16). The van der Waals surface area contributed by atoms with Gasteiger partial charge in [-0.05, 0) is 32.4 Å². The van der Waals surface area contributed by atoms with Crippen LogP contribution >= 0.6 is 0 Å². The van der Waals surface area contributed by atoms with E-state index in [1.807, 2.05) is 39.0 Å². The highest BCUT2D eigenvalue weighted by molar-refractivity contribution is 5.81. The smallest absolute Gasteiger partial charge is 0.261 e. The van der Waals surface area contributed by atoms with Crippen molar-refractivity contribution in [3.8, 4) is 11.5 Å². The van der Waals surface area contributed by atoms with Crippen molar-refractivity contribution in [3.63, 3.8) is 0 Å². The Hall–Kier alpha value is -1.71. The molecule has 1 rings (SSSR count). The van der Waals surface area contributed by atoms with Crippen LogP contribution in [-0.2, 0) is 4.79 Å². The highest BCUT2D eigenvalue weighted by atomic mass is 16.5. The number of carbonyl (C=O) groups is 1. The molecule has 4 heteroatoms. The SMILES string of the molecule is CCC(Oc1ccccc1OC)C(=O)NC(C)C. The summed E-state index contributed by atoms with van der Waals surface area (Å²) in [4.78, 5) is 11.9. The molecule has 1 amide bonds. The highest BCUT2D eigenvalue weighted by Crippen LogP contribution is 2.27. The molecule has 0 spiro atoms. The topological polar surface area (TPSA) is 47.6 Å². The van der Waals surface area contributed by atoms with Crippen molar-refractivity contribution in [2.75, 3.05) is 7.11 Å². The van der Waals surface area contributed by atoms with E-state index in [1.165, 1.54) is 0 Å². The Balaban J connectivity index is 2.76. The van der Waals surface area contributed by atoms with Crippen molar-refractivity contribution in [2.24, 2.45) is 0 Å². The molecule has 1 aromatic rings. The summed E-state index contributed by atoms with van der Waals surface area (Å²) in [5, 5.41) is 2.85. The van der Waals surface area contributed by atoms with E-state index in [0.29, 0.717) is 17.9 Å². The molecule has 0 fully saturated rings. The fourth-order valence-electron chi connectivity index (χ4n) is 1.57. The summed E-state index contributed by atoms with van der Waals surface area (Å²) in [6.45, 7) is 5.77. The molecular weight excluding hydrogens is 230 g/mol. The Kier molecular flexibility index (Phi) is 5.49. The van der Waals surface area contributed by atoms with Gasteiger partial charge in [0.2, 0.25) is 0 Å². The summed E-state index contributed by atoms with van der Waals surface area (Å²) < 4.78 is 10.9. The lowest BCUT2D eigenvalue weighted by molar-refractivity contribution is -0.128. The number of hydrogen-bond acceptors (Lipinski definition) is 3. The van der Waals surface area contributed by atoms with Crippen LogP contribution in [0, 0.1) is 0 Å². The van der Waals surface area contributed by atoms with E-state index in [0.717, 1.165) is 0 Å². The van der Waals surface area contributed by atoms with Crippen molar-refractivity contribution in [3.05, 3.63) is 24.3 Å². The number of para-hydroxylation sites is 2. The Bertz CT molecular complexity index is 390. The van der Waals surface area contributed by atoms with Gasteiger partial charge in [0, 0.05) is 6.04 Å². The van der Waals surface area contributed by atoms with Gasteiger partial charge in [-0.1, -0.05) is 19.1 Å². The number of hydrogen-bond donors (Lipinski definition) is 1. The highest BCUT2D eigenvalue weighted by Gasteiger charge is 2.20. The van der Waals surface area contributed by atoms with Crippen LogP contribution in [0.15, 0.2) is 24.3 Å². The molecule has 0 aliphatic carbocycles. The summed E-state index contributed by atoms with van der Waals surface area (Å²) in [6, 6.07) is 7.42. The Morgan fingerprint density at radius 1 is 1.28 bits per heavy atom. The maximum atomic E-state index is 11.9. The third-order valence-corrected chi connectivity index (χ3v) is 2.43. The third-order valence-electron chi connectivity index (χ3n) is 2.43. The lowest BCUT2D eigenvalue weighted by Crippen LogP contribution is -2.41. The summed E-state index contributed by atoms with van der Waals surface area (Å²) in [6.07, 6.45) is 0.111. The van der Waals surface area contributed by atoms with Crippen LogP contribution in [0.25, 0.3) is 0 Å². The molecule has 1 aromatic carbocycles. The van der Waals surface area contributed by atoms with Gasteiger partial charge >= 0.3 is 0 Å². The molecule has 0 aromatic heterocycles. The van der Waals surface area contributed by atoms with Gasteiger partial charge in [-0.15, -0.1) is 0 Å². The number of benzene rings is 1. The minimum Gasteiger partial charge on any atom is -0.493 e. The molecule has 0 saturated heterocycles. The molecule has 0 aliphatic rings. The Morgan fingerprint density at radius 3 is 2.39 bits per heavy atom. The maximum Gasteiger partial charge on any atom is 0.261 e. The van der Waals surface area contributed by atoms with Crippen molar-refractivity contribution < 1.29 is 14.3 Å². The van der Waals surface area contributed by atoms with Crippen LogP contribution in [0.2, 0.25) is 0 Å². The number of amides is 1. The van der Waals surface area contributed by atoms with Crippen LogP contribution in [0.4, 0.5) is 0 Å². The summed E-state index contributed by atoms with van der Waals surface area (Å²) in [7, 11) is 1.58. The third kappa shape index (κ3) is 3.95. The minimum atomic E-state index is -0.497. The van der Waals surface area contributed by atoms with E-state index in [9.17, 15) is 4.79 Å². The average Bonchev–Trinajstić information content (AvgIpc) is 2.35. The first kappa shape index (κ1) is 14.4. The van der Waals surface area contributed by atoms with E-state index < -0.39 is 6.10 Å². The molecule has 1 unspecified atom stereocenters. The quantitative estimate of drug-likeness (QED) is 0.844. The predicted molar refractivity (Wildman–Crippen MR) is 71.0 cm³/mol. The number of rotatable bonds is 6. The molecule has 0 bridgehead atoms. The van der Waals surface area contributed by atoms with Crippen molar-refractivity contribution in [1.29, 1.82) is 0 Å². The zero-order valence-corrected chi connectivity index (χ0v) is 11.4. The molecule has 0 radical (unpaired) electrons. The minimum absolute atomic E-state index is 0.0987. The number of methoxy groups -OCH3 is 1. The average molecular weight is 251 g/mol. The zero-order chi connectivity index (χ0) is 13.5. The molecule has 0 aliphatic heterocycles. The fourth-order valence-corrected chi connectivity index (χ4v) is 1.57. The van der Waals surface area contributed by atoms with E-state index in [4.69, 9.17) is 9.47 Å². The molecule has 4 nitrogen and oxygen atoms in total. The maximum absolute atomic E-state index is 11.9. The van der Waals surface area contributed by atoms with Gasteiger partial charge in [0.1, 0.15) is 0 Å². The summed E-state index contributed by atoms with van der Waals surface area (Å²) in [5.41, 5.74) is 0. The molecule has 1 N–H and O–H groups in total. The van der Waals surface area contributed by atoms with E-state index >= 15 is 0 Å². The monoisotopic (exact) mass is 251 g/mol. The van der Waals surface area contributed by atoms with Gasteiger partial charge in [-0.25, -0.2) is 0 Å². The van der Waals surface area contributed by atoms with Gasteiger partial charge in [0.05, 0.1) is 7.11 Å². The van der Waals surface area contributed by atoms with Crippen LogP contribution in [0.1, 0.15) is 27.2 Å². The van der Waals surface area contributed by atoms with Gasteiger partial charge < -0.3 is 14.8 Å². The second-order valence-corrected chi connectivity index (χ2v) is 4.33. The van der Waals surface area contributed by atoms with Crippen LogP contribution in [0.5, 0.6) is 11.5 Å². The number of nitrogens with one attached hydrogen (secondary N) is 1. The lowest BCUT2D eigenvalue weighted by Gasteiger charge is -2.20. The van der Waals surface area contributed by atoms with E-state index in [2.05, 4.69) is 5.32 Å². The zero-order valence-electron chi connectivity index (χ0n) is 11.4. The molecular formula is C14H21NO3. The van der Waals surface area contributed by atoms with Crippen molar-refractivity contribution in [1.82, 2.24) is 5.32 Å². The second-order valence-electron chi connectivity index (χ2n) is 4.33. The molecule has 0 heterocycles. The van der Waals surface area contributed by atoms with Crippen LogP contribution in [0.3, 0.4) is 0 Å². The second kappa shape index (κ2) is 6.89. The Labute approximate surface area is 108 Å². The normalized spacial score (nSPS) is 12.1. The molecule has 100 valence electrons. The van der Waals surface area contributed by atoms with Gasteiger partial charge in [-0.2, -0.15) is 0 Å². The van der Waals surface area contributed by atoms with E-state index in [-0.39, 0.29) is 11.9 Å². The van der Waals surface area contributed by atoms with Crippen molar-refractivity contribution in [2.45, 2.75) is 39.3 Å². The predicted octanol–water partition coefficient (Wildman–Crippen LogP) is 2.38. The molecule has 1 atom stereocenters. The summed E-state index contributed by atoms with van der Waals surface area (Å²) in [5.74, 6) is 1.12. The Morgan fingerprint density at radius 2 is 1.89 bits per heavy atom.